The predicted molar refractivity (Wildman–Crippen MR) is 81.2 cm³/mol. The monoisotopic (exact) mass is 300 g/mol. The van der Waals surface area contributed by atoms with Gasteiger partial charge < -0.3 is 5.73 Å². The molecular formula is C14H12N4O2S. The predicted octanol–water partition coefficient (Wildman–Crippen LogP) is 2.01. The van der Waals surface area contributed by atoms with Gasteiger partial charge in [-0.15, -0.1) is 0 Å². The first-order chi connectivity index (χ1) is 10.1. The molecule has 1 aromatic heterocycles. The Hall–Kier alpha value is -2.67. The molecule has 2 aromatic carbocycles. The van der Waals surface area contributed by atoms with Crippen molar-refractivity contribution in [2.75, 3.05) is 10.5 Å². The number of nitrogens with two attached hydrogens (primary N) is 1. The van der Waals surface area contributed by atoms with Gasteiger partial charge in [0.25, 0.3) is 10.0 Å². The highest BCUT2D eigenvalue weighted by molar-refractivity contribution is 7.93. The second kappa shape index (κ2) is 5.02. The van der Waals surface area contributed by atoms with Gasteiger partial charge in [0.05, 0.1) is 4.90 Å². The normalized spacial score (nSPS) is 11.4. The Kier molecular flexibility index (Phi) is 3.19. The average Bonchev–Trinajstić information content (AvgIpc) is 2.48. The highest BCUT2D eigenvalue weighted by Gasteiger charge is 2.19. The van der Waals surface area contributed by atoms with E-state index in [1.807, 2.05) is 6.07 Å². The number of fused-ring (bicyclic) bond motifs is 1. The quantitative estimate of drug-likeness (QED) is 0.721. The zero-order valence-corrected chi connectivity index (χ0v) is 11.7. The largest absolute Gasteiger partial charge is 0.398 e. The van der Waals surface area contributed by atoms with Crippen molar-refractivity contribution in [1.29, 1.82) is 0 Å². The highest BCUT2D eigenvalue weighted by atomic mass is 32.2. The van der Waals surface area contributed by atoms with Crippen molar-refractivity contribution >= 4 is 32.4 Å². The number of hydrogen-bond donors (Lipinski definition) is 2. The van der Waals surface area contributed by atoms with Crippen LogP contribution in [0.25, 0.3) is 10.8 Å². The molecule has 0 radical (unpaired) electrons. The average molecular weight is 300 g/mol. The van der Waals surface area contributed by atoms with Crippen LogP contribution in [0.15, 0.2) is 59.8 Å². The summed E-state index contributed by atoms with van der Waals surface area (Å²) in [4.78, 5) is 7.86. The topological polar surface area (TPSA) is 98.0 Å². The van der Waals surface area contributed by atoms with E-state index in [-0.39, 0.29) is 10.8 Å². The molecule has 0 unspecified atom stereocenters. The number of nitrogen functional groups attached to an aromatic ring is 1. The van der Waals surface area contributed by atoms with E-state index in [1.54, 1.807) is 30.3 Å². The first-order valence-corrected chi connectivity index (χ1v) is 7.63. The number of nitrogens with one attached hydrogen (secondary N) is 1. The summed E-state index contributed by atoms with van der Waals surface area (Å²) in [6.45, 7) is 0. The molecule has 7 heteroatoms. The van der Waals surface area contributed by atoms with Crippen molar-refractivity contribution in [1.82, 2.24) is 9.97 Å². The van der Waals surface area contributed by atoms with Gasteiger partial charge in [-0.25, -0.2) is 23.1 Å². The van der Waals surface area contributed by atoms with E-state index >= 15 is 0 Å². The van der Waals surface area contributed by atoms with Gasteiger partial charge in [-0.3, -0.25) is 0 Å². The van der Waals surface area contributed by atoms with E-state index in [0.29, 0.717) is 16.5 Å². The molecule has 0 amide bonds. The molecule has 3 aromatic rings. The summed E-state index contributed by atoms with van der Waals surface area (Å²) >= 11 is 0. The minimum Gasteiger partial charge on any atom is -0.398 e. The zero-order chi connectivity index (χ0) is 14.9. The first-order valence-electron chi connectivity index (χ1n) is 6.15. The lowest BCUT2D eigenvalue weighted by Gasteiger charge is -2.10. The molecule has 0 saturated carbocycles. The summed E-state index contributed by atoms with van der Waals surface area (Å²) in [5, 5.41) is 1.25. The minimum atomic E-state index is -3.79. The number of benzene rings is 2. The molecule has 3 rings (SSSR count). The lowest BCUT2D eigenvalue weighted by Crippen LogP contribution is -2.15. The molecule has 0 fully saturated rings. The highest BCUT2D eigenvalue weighted by Crippen LogP contribution is 2.28. The van der Waals surface area contributed by atoms with Crippen LogP contribution in [0, 0.1) is 0 Å². The molecule has 0 atom stereocenters. The third-order valence-corrected chi connectivity index (χ3v) is 4.39. The molecule has 0 saturated heterocycles. The van der Waals surface area contributed by atoms with E-state index in [4.69, 9.17) is 5.73 Å². The Balaban J connectivity index is 2.14. The zero-order valence-electron chi connectivity index (χ0n) is 10.9. The van der Waals surface area contributed by atoms with Crippen molar-refractivity contribution in [2.45, 2.75) is 4.90 Å². The van der Waals surface area contributed by atoms with Gasteiger partial charge in [0.15, 0.2) is 0 Å². The lowest BCUT2D eigenvalue weighted by molar-refractivity contribution is 0.601. The number of aromatic nitrogens is 2. The number of sulfonamides is 1. The van der Waals surface area contributed by atoms with Crippen LogP contribution in [0.2, 0.25) is 0 Å². The summed E-state index contributed by atoms with van der Waals surface area (Å²) in [5.74, 6) is 0.0263. The van der Waals surface area contributed by atoms with E-state index in [0.717, 1.165) is 0 Å². The van der Waals surface area contributed by atoms with Gasteiger partial charge in [0.1, 0.15) is 0 Å². The van der Waals surface area contributed by atoms with E-state index in [2.05, 4.69) is 14.7 Å². The molecule has 0 spiro atoms. The Bertz CT molecular complexity index is 895. The number of hydrogen-bond acceptors (Lipinski definition) is 5. The van der Waals surface area contributed by atoms with Crippen LogP contribution in [0.4, 0.5) is 11.6 Å². The van der Waals surface area contributed by atoms with Crippen LogP contribution in [-0.2, 0) is 10.0 Å². The van der Waals surface area contributed by atoms with Crippen molar-refractivity contribution in [3.63, 3.8) is 0 Å². The van der Waals surface area contributed by atoms with Crippen molar-refractivity contribution < 1.29 is 8.42 Å². The van der Waals surface area contributed by atoms with Gasteiger partial charge in [-0.05, 0) is 18.2 Å². The maximum atomic E-state index is 12.5. The number of rotatable bonds is 3. The Morgan fingerprint density at radius 1 is 0.905 bits per heavy atom. The molecule has 0 aliphatic rings. The third-order valence-electron chi connectivity index (χ3n) is 3.00. The Morgan fingerprint density at radius 2 is 1.57 bits per heavy atom. The van der Waals surface area contributed by atoms with Gasteiger partial charge in [-0.1, -0.05) is 24.3 Å². The lowest BCUT2D eigenvalue weighted by atomic mass is 10.1. The standard InChI is InChI=1S/C14H12N4O2S/c15-12-6-7-13(11-5-2-1-4-10(11)12)21(19,20)18-14-16-8-3-9-17-14/h1-9H,15H2,(H,16,17,18). The first kappa shape index (κ1) is 13.3. The Morgan fingerprint density at radius 3 is 2.29 bits per heavy atom. The van der Waals surface area contributed by atoms with Gasteiger partial charge in [0, 0.05) is 28.9 Å². The molecule has 0 aliphatic carbocycles. The summed E-state index contributed by atoms with van der Waals surface area (Å²) in [5.41, 5.74) is 6.41. The fraction of sp³-hybridized carbons (Fsp3) is 0. The van der Waals surface area contributed by atoms with Crippen LogP contribution in [0.5, 0.6) is 0 Å². The molecule has 21 heavy (non-hydrogen) atoms. The van der Waals surface area contributed by atoms with Gasteiger partial charge in [0.2, 0.25) is 5.95 Å². The smallest absolute Gasteiger partial charge is 0.264 e. The minimum absolute atomic E-state index is 0.0263. The number of nitrogens with zero attached hydrogens (tertiary/aromatic N) is 2. The Labute approximate surface area is 121 Å². The molecule has 106 valence electrons. The summed E-state index contributed by atoms with van der Waals surface area (Å²) in [7, 11) is -3.79. The molecule has 1 heterocycles. The summed E-state index contributed by atoms with van der Waals surface area (Å²) < 4.78 is 27.3. The summed E-state index contributed by atoms with van der Waals surface area (Å²) in [6, 6.07) is 11.7. The van der Waals surface area contributed by atoms with Gasteiger partial charge >= 0.3 is 0 Å². The maximum Gasteiger partial charge on any atom is 0.264 e. The number of anilines is 2. The van der Waals surface area contributed by atoms with Crippen LogP contribution in [0.1, 0.15) is 0 Å². The maximum absolute atomic E-state index is 12.5. The fourth-order valence-corrected chi connectivity index (χ4v) is 3.23. The third kappa shape index (κ3) is 2.50. The van der Waals surface area contributed by atoms with Crippen molar-refractivity contribution in [2.24, 2.45) is 0 Å². The van der Waals surface area contributed by atoms with E-state index in [9.17, 15) is 8.42 Å². The van der Waals surface area contributed by atoms with Crippen LogP contribution in [-0.4, -0.2) is 18.4 Å². The van der Waals surface area contributed by atoms with Gasteiger partial charge in [-0.2, -0.15) is 0 Å². The van der Waals surface area contributed by atoms with Crippen LogP contribution < -0.4 is 10.5 Å². The van der Waals surface area contributed by atoms with E-state index in [1.165, 1.54) is 18.5 Å². The SMILES string of the molecule is Nc1ccc(S(=O)(=O)Nc2ncccn2)c2ccccc12. The second-order valence-electron chi connectivity index (χ2n) is 4.38. The fourth-order valence-electron chi connectivity index (χ4n) is 2.06. The molecule has 0 aliphatic heterocycles. The molecular weight excluding hydrogens is 288 g/mol. The van der Waals surface area contributed by atoms with Crippen LogP contribution >= 0.6 is 0 Å². The van der Waals surface area contributed by atoms with Crippen molar-refractivity contribution in [3.05, 3.63) is 54.9 Å². The summed E-state index contributed by atoms with van der Waals surface area (Å²) in [6.07, 6.45) is 2.93. The molecule has 0 bridgehead atoms. The molecule has 6 nitrogen and oxygen atoms in total. The van der Waals surface area contributed by atoms with Crippen LogP contribution in [0.3, 0.4) is 0 Å². The second-order valence-corrected chi connectivity index (χ2v) is 6.03. The van der Waals surface area contributed by atoms with Crippen molar-refractivity contribution in [3.8, 4) is 0 Å². The molecule has 3 N–H and O–H groups in total. The van der Waals surface area contributed by atoms with E-state index < -0.39 is 10.0 Å².